The molecule has 0 unspecified atom stereocenters. The van der Waals surface area contributed by atoms with Gasteiger partial charge < -0.3 is 19.7 Å². The van der Waals surface area contributed by atoms with Gasteiger partial charge >= 0.3 is 6.09 Å². The number of piperazine rings is 1. The minimum absolute atomic E-state index is 0.0744. The zero-order valence-corrected chi connectivity index (χ0v) is 11.1. The van der Waals surface area contributed by atoms with Crippen molar-refractivity contribution in [2.45, 2.75) is 38.8 Å². The molecule has 0 aromatic rings. The standard InChI is InChI=1S/C12H24N2O3/c1-4-5-6-17-12(15)14-8-10(2)13-7-11(14)9-16-3/h10-11,13H,4-9H2,1-3H3/t10-,11-/m0/s1. The van der Waals surface area contributed by atoms with E-state index < -0.39 is 0 Å². The van der Waals surface area contributed by atoms with Crippen molar-refractivity contribution < 1.29 is 14.3 Å². The number of hydrogen-bond donors (Lipinski definition) is 1. The first-order chi connectivity index (χ1) is 8.19. The van der Waals surface area contributed by atoms with Gasteiger partial charge in [0.05, 0.1) is 19.3 Å². The summed E-state index contributed by atoms with van der Waals surface area (Å²) in [4.78, 5) is 13.7. The fraction of sp³-hybridized carbons (Fsp3) is 0.917. The summed E-state index contributed by atoms with van der Waals surface area (Å²) < 4.78 is 10.4. The topological polar surface area (TPSA) is 50.8 Å². The second-order valence-electron chi connectivity index (χ2n) is 4.54. The minimum Gasteiger partial charge on any atom is -0.449 e. The van der Waals surface area contributed by atoms with Crippen molar-refractivity contribution in [3.05, 3.63) is 0 Å². The molecule has 0 spiro atoms. The van der Waals surface area contributed by atoms with E-state index in [0.29, 0.717) is 25.8 Å². The zero-order chi connectivity index (χ0) is 12.7. The third-order valence-electron chi connectivity index (χ3n) is 2.93. The highest BCUT2D eigenvalue weighted by molar-refractivity contribution is 5.68. The van der Waals surface area contributed by atoms with E-state index in [2.05, 4.69) is 19.2 Å². The third-order valence-corrected chi connectivity index (χ3v) is 2.93. The van der Waals surface area contributed by atoms with Crippen LogP contribution in [-0.2, 0) is 9.47 Å². The van der Waals surface area contributed by atoms with E-state index in [9.17, 15) is 4.79 Å². The van der Waals surface area contributed by atoms with Crippen LogP contribution >= 0.6 is 0 Å². The first-order valence-corrected chi connectivity index (χ1v) is 6.34. The zero-order valence-electron chi connectivity index (χ0n) is 11.1. The number of unbranched alkanes of at least 4 members (excludes halogenated alkanes) is 1. The molecule has 1 saturated heterocycles. The van der Waals surface area contributed by atoms with Crippen LogP contribution < -0.4 is 5.32 Å². The molecule has 0 aromatic heterocycles. The Bertz CT molecular complexity index is 236. The molecule has 5 nitrogen and oxygen atoms in total. The van der Waals surface area contributed by atoms with Crippen molar-refractivity contribution >= 4 is 6.09 Å². The van der Waals surface area contributed by atoms with Gasteiger partial charge in [-0.15, -0.1) is 0 Å². The molecular weight excluding hydrogens is 220 g/mol. The molecule has 0 radical (unpaired) electrons. The molecule has 1 amide bonds. The molecule has 17 heavy (non-hydrogen) atoms. The van der Waals surface area contributed by atoms with Gasteiger partial charge in [-0.1, -0.05) is 13.3 Å². The van der Waals surface area contributed by atoms with E-state index in [0.717, 1.165) is 19.4 Å². The predicted octanol–water partition coefficient (Wildman–Crippen LogP) is 1.23. The van der Waals surface area contributed by atoms with Crippen LogP contribution in [0.5, 0.6) is 0 Å². The minimum atomic E-state index is -0.214. The second kappa shape index (κ2) is 7.50. The lowest BCUT2D eigenvalue weighted by atomic mass is 10.1. The fourth-order valence-electron chi connectivity index (χ4n) is 1.91. The Morgan fingerprint density at radius 2 is 2.29 bits per heavy atom. The van der Waals surface area contributed by atoms with E-state index in [1.165, 1.54) is 0 Å². The molecule has 1 aliphatic heterocycles. The molecule has 1 N–H and O–H groups in total. The number of amides is 1. The van der Waals surface area contributed by atoms with Gasteiger partial charge in [-0.2, -0.15) is 0 Å². The Morgan fingerprint density at radius 1 is 1.53 bits per heavy atom. The maximum absolute atomic E-state index is 11.9. The molecule has 2 atom stereocenters. The Labute approximate surface area is 103 Å². The van der Waals surface area contributed by atoms with Gasteiger partial charge in [0.25, 0.3) is 0 Å². The van der Waals surface area contributed by atoms with Gasteiger partial charge in [-0.05, 0) is 13.3 Å². The predicted molar refractivity (Wildman–Crippen MR) is 66.1 cm³/mol. The van der Waals surface area contributed by atoms with E-state index >= 15 is 0 Å². The number of nitrogens with one attached hydrogen (secondary N) is 1. The van der Waals surface area contributed by atoms with Crippen molar-refractivity contribution in [3.63, 3.8) is 0 Å². The van der Waals surface area contributed by atoms with E-state index in [1.807, 2.05) is 0 Å². The van der Waals surface area contributed by atoms with Gasteiger partial charge in [0.1, 0.15) is 0 Å². The number of ether oxygens (including phenoxy) is 2. The molecule has 1 fully saturated rings. The van der Waals surface area contributed by atoms with Crippen LogP contribution in [-0.4, -0.2) is 56.5 Å². The third kappa shape index (κ3) is 4.52. The quantitative estimate of drug-likeness (QED) is 0.739. The van der Waals surface area contributed by atoms with Gasteiger partial charge in [0.15, 0.2) is 0 Å². The maximum Gasteiger partial charge on any atom is 0.410 e. The number of carbonyl (C=O) groups excluding carboxylic acids is 1. The SMILES string of the molecule is CCCCOC(=O)N1C[C@H](C)NC[C@H]1COC. The number of carbonyl (C=O) groups is 1. The molecule has 5 heteroatoms. The second-order valence-corrected chi connectivity index (χ2v) is 4.54. The Morgan fingerprint density at radius 3 is 2.94 bits per heavy atom. The Balaban J connectivity index is 2.46. The van der Waals surface area contributed by atoms with Gasteiger partial charge in [0, 0.05) is 26.2 Å². The summed E-state index contributed by atoms with van der Waals surface area (Å²) in [6.45, 7) is 6.64. The summed E-state index contributed by atoms with van der Waals surface area (Å²) >= 11 is 0. The van der Waals surface area contributed by atoms with Crippen molar-refractivity contribution in [3.8, 4) is 0 Å². The summed E-state index contributed by atoms with van der Waals surface area (Å²) in [5.74, 6) is 0. The first-order valence-electron chi connectivity index (χ1n) is 6.34. The highest BCUT2D eigenvalue weighted by atomic mass is 16.6. The summed E-state index contributed by atoms with van der Waals surface area (Å²) in [6, 6.07) is 0.382. The van der Waals surface area contributed by atoms with Crippen LogP contribution in [0.2, 0.25) is 0 Å². The molecular formula is C12H24N2O3. The Kier molecular flexibility index (Phi) is 6.29. The van der Waals surface area contributed by atoms with Crippen LogP contribution in [0.4, 0.5) is 4.79 Å². The molecule has 1 heterocycles. The van der Waals surface area contributed by atoms with Crippen molar-refractivity contribution in [1.29, 1.82) is 0 Å². The van der Waals surface area contributed by atoms with Crippen LogP contribution in [0.25, 0.3) is 0 Å². The lowest BCUT2D eigenvalue weighted by Gasteiger charge is -2.38. The summed E-state index contributed by atoms with van der Waals surface area (Å²) in [7, 11) is 1.65. The highest BCUT2D eigenvalue weighted by Gasteiger charge is 2.30. The molecule has 100 valence electrons. The largest absolute Gasteiger partial charge is 0.449 e. The smallest absolute Gasteiger partial charge is 0.410 e. The van der Waals surface area contributed by atoms with Crippen LogP contribution in [0.15, 0.2) is 0 Å². The van der Waals surface area contributed by atoms with Crippen molar-refractivity contribution in [1.82, 2.24) is 10.2 Å². The number of hydrogen-bond acceptors (Lipinski definition) is 4. The molecule has 0 saturated carbocycles. The average Bonchev–Trinajstić information content (AvgIpc) is 2.32. The van der Waals surface area contributed by atoms with Crippen LogP contribution in [0, 0.1) is 0 Å². The van der Waals surface area contributed by atoms with Gasteiger partial charge in [-0.25, -0.2) is 4.79 Å². The highest BCUT2D eigenvalue weighted by Crippen LogP contribution is 2.10. The van der Waals surface area contributed by atoms with Crippen molar-refractivity contribution in [2.24, 2.45) is 0 Å². The summed E-state index contributed by atoms with van der Waals surface area (Å²) in [5.41, 5.74) is 0. The van der Waals surface area contributed by atoms with E-state index in [1.54, 1.807) is 12.0 Å². The lowest BCUT2D eigenvalue weighted by molar-refractivity contribution is 0.0397. The average molecular weight is 244 g/mol. The van der Waals surface area contributed by atoms with Gasteiger partial charge in [-0.3, -0.25) is 0 Å². The first kappa shape index (κ1) is 14.3. The summed E-state index contributed by atoms with van der Waals surface area (Å²) in [6.07, 6.45) is 1.74. The molecule has 1 rings (SSSR count). The van der Waals surface area contributed by atoms with Crippen LogP contribution in [0.1, 0.15) is 26.7 Å². The van der Waals surface area contributed by atoms with Crippen LogP contribution in [0.3, 0.4) is 0 Å². The normalized spacial score (nSPS) is 24.8. The van der Waals surface area contributed by atoms with Crippen molar-refractivity contribution in [2.75, 3.05) is 33.4 Å². The maximum atomic E-state index is 11.9. The number of rotatable bonds is 5. The fourth-order valence-corrected chi connectivity index (χ4v) is 1.91. The Hall–Kier alpha value is -0.810. The number of methoxy groups -OCH3 is 1. The molecule has 1 aliphatic rings. The molecule has 0 aliphatic carbocycles. The molecule has 0 bridgehead atoms. The number of nitrogens with zero attached hydrogens (tertiary/aromatic N) is 1. The lowest BCUT2D eigenvalue weighted by Crippen LogP contribution is -2.59. The van der Waals surface area contributed by atoms with E-state index in [-0.39, 0.29) is 12.1 Å². The summed E-state index contributed by atoms with van der Waals surface area (Å²) in [5, 5.41) is 3.34. The van der Waals surface area contributed by atoms with E-state index in [4.69, 9.17) is 9.47 Å². The van der Waals surface area contributed by atoms with Gasteiger partial charge in [0.2, 0.25) is 0 Å². The molecule has 0 aromatic carbocycles. The monoisotopic (exact) mass is 244 g/mol.